The van der Waals surface area contributed by atoms with Crippen molar-refractivity contribution >= 4 is 51.7 Å². The van der Waals surface area contributed by atoms with Crippen molar-refractivity contribution in [1.82, 2.24) is 14.3 Å². The van der Waals surface area contributed by atoms with E-state index in [1.54, 1.807) is 21.6 Å². The number of thioether (sulfide) groups is 1. The standard InChI is InChI=1S/C26H24N4O4S2/c1-16-5-8-22-27-23(28-9-3-2-4-10-28)18(24(31)29(22)13-16)12-21-25(32)30(26(35)36-21)14-17-6-7-19-20(11-17)34-15-33-19/h5-8,11-13H,2-4,9-10,14-15H2,1H3. The van der Waals surface area contributed by atoms with Crippen molar-refractivity contribution in [3.05, 3.63) is 68.5 Å². The number of aryl methyl sites for hydroxylation is 1. The molecule has 0 saturated carbocycles. The van der Waals surface area contributed by atoms with Crippen molar-refractivity contribution in [2.24, 2.45) is 0 Å². The minimum Gasteiger partial charge on any atom is -0.454 e. The van der Waals surface area contributed by atoms with Gasteiger partial charge in [0.25, 0.3) is 11.5 Å². The topological polar surface area (TPSA) is 76.4 Å². The summed E-state index contributed by atoms with van der Waals surface area (Å²) in [5.74, 6) is 1.75. The van der Waals surface area contributed by atoms with E-state index in [-0.39, 0.29) is 18.3 Å². The maximum atomic E-state index is 13.7. The molecular weight excluding hydrogens is 496 g/mol. The van der Waals surface area contributed by atoms with E-state index in [4.69, 9.17) is 26.7 Å². The fourth-order valence-corrected chi connectivity index (χ4v) is 5.95. The summed E-state index contributed by atoms with van der Waals surface area (Å²) in [4.78, 5) is 36.1. The first kappa shape index (κ1) is 23.1. The highest BCUT2D eigenvalue weighted by atomic mass is 32.2. The minimum atomic E-state index is -0.221. The molecule has 2 fully saturated rings. The van der Waals surface area contributed by atoms with Gasteiger partial charge in [-0.05, 0) is 61.6 Å². The average Bonchev–Trinajstić information content (AvgIpc) is 3.46. The number of rotatable bonds is 4. The minimum absolute atomic E-state index is 0.190. The third-order valence-corrected chi connectivity index (χ3v) is 7.95. The van der Waals surface area contributed by atoms with E-state index >= 15 is 0 Å². The maximum Gasteiger partial charge on any atom is 0.267 e. The van der Waals surface area contributed by atoms with Gasteiger partial charge in [0, 0.05) is 19.3 Å². The van der Waals surface area contributed by atoms with Crippen molar-refractivity contribution in [1.29, 1.82) is 0 Å². The number of hydrogen-bond acceptors (Lipinski definition) is 8. The lowest BCUT2D eigenvalue weighted by Crippen LogP contribution is -2.33. The van der Waals surface area contributed by atoms with Crippen LogP contribution in [-0.2, 0) is 11.3 Å². The molecule has 1 aromatic carbocycles. The Morgan fingerprint density at radius 1 is 1.08 bits per heavy atom. The highest BCUT2D eigenvalue weighted by Gasteiger charge is 2.33. The Hall–Kier alpha value is -3.37. The molecule has 10 heteroatoms. The van der Waals surface area contributed by atoms with Crippen LogP contribution in [0, 0.1) is 6.92 Å². The molecule has 0 spiro atoms. The fraction of sp³-hybridized carbons (Fsp3) is 0.308. The van der Waals surface area contributed by atoms with Gasteiger partial charge >= 0.3 is 0 Å². The van der Waals surface area contributed by atoms with Crippen molar-refractivity contribution in [3.63, 3.8) is 0 Å². The third kappa shape index (κ3) is 4.14. The highest BCUT2D eigenvalue weighted by molar-refractivity contribution is 8.26. The summed E-state index contributed by atoms with van der Waals surface area (Å²) >= 11 is 6.77. The summed E-state index contributed by atoms with van der Waals surface area (Å²) in [5.41, 5.74) is 2.67. The van der Waals surface area contributed by atoms with Crippen LogP contribution in [0.3, 0.4) is 0 Å². The van der Waals surface area contributed by atoms with Crippen LogP contribution in [0.1, 0.15) is 36.0 Å². The van der Waals surface area contributed by atoms with Gasteiger partial charge in [-0.3, -0.25) is 18.9 Å². The molecular formula is C26H24N4O4S2. The summed E-state index contributed by atoms with van der Waals surface area (Å²) < 4.78 is 12.8. The second-order valence-corrected chi connectivity index (χ2v) is 10.8. The van der Waals surface area contributed by atoms with Crippen molar-refractivity contribution in [2.75, 3.05) is 24.8 Å². The predicted octanol–water partition coefficient (Wildman–Crippen LogP) is 4.12. The highest BCUT2D eigenvalue weighted by Crippen LogP contribution is 2.37. The van der Waals surface area contributed by atoms with Gasteiger partial charge < -0.3 is 14.4 Å². The summed E-state index contributed by atoms with van der Waals surface area (Å²) in [7, 11) is 0. The molecule has 1 amide bonds. The number of carbonyl (C=O) groups is 1. The average molecular weight is 521 g/mol. The van der Waals surface area contributed by atoms with Crippen LogP contribution in [0.25, 0.3) is 11.7 Å². The van der Waals surface area contributed by atoms with Crippen molar-refractivity contribution in [2.45, 2.75) is 32.7 Å². The first-order valence-electron chi connectivity index (χ1n) is 11.9. The van der Waals surface area contributed by atoms with E-state index in [1.165, 1.54) is 11.8 Å². The lowest BCUT2D eigenvalue weighted by Gasteiger charge is -2.29. The molecule has 3 aliphatic heterocycles. The molecule has 6 rings (SSSR count). The molecule has 0 bridgehead atoms. The number of hydrogen-bond donors (Lipinski definition) is 0. The van der Waals surface area contributed by atoms with Gasteiger partial charge in [-0.2, -0.15) is 0 Å². The summed E-state index contributed by atoms with van der Waals surface area (Å²) in [5, 5.41) is 0. The number of benzene rings is 1. The third-order valence-electron chi connectivity index (χ3n) is 6.57. The zero-order valence-electron chi connectivity index (χ0n) is 19.7. The largest absolute Gasteiger partial charge is 0.454 e. The van der Waals surface area contributed by atoms with Gasteiger partial charge in [-0.25, -0.2) is 4.98 Å². The second kappa shape index (κ2) is 9.25. The summed E-state index contributed by atoms with van der Waals surface area (Å²) in [6, 6.07) is 9.40. The number of piperidine rings is 1. The lowest BCUT2D eigenvalue weighted by atomic mass is 10.1. The van der Waals surface area contributed by atoms with Gasteiger partial charge in [-0.15, -0.1) is 0 Å². The van der Waals surface area contributed by atoms with Crippen LogP contribution in [-0.4, -0.2) is 44.4 Å². The van der Waals surface area contributed by atoms with Gasteiger partial charge in [0.1, 0.15) is 15.8 Å². The summed E-state index contributed by atoms with van der Waals surface area (Å²) in [6.07, 6.45) is 6.72. The quantitative estimate of drug-likeness (QED) is 0.376. The van der Waals surface area contributed by atoms with Crippen molar-refractivity contribution < 1.29 is 14.3 Å². The number of thiocarbonyl (C=S) groups is 1. The summed E-state index contributed by atoms with van der Waals surface area (Å²) in [6.45, 7) is 4.11. The number of fused-ring (bicyclic) bond motifs is 2. The number of carbonyl (C=O) groups excluding carboxylic acids is 1. The number of nitrogens with zero attached hydrogens (tertiary/aromatic N) is 4. The Morgan fingerprint density at radius 2 is 1.89 bits per heavy atom. The zero-order chi connectivity index (χ0) is 24.8. The first-order valence-corrected chi connectivity index (χ1v) is 13.1. The molecule has 0 unspecified atom stereocenters. The zero-order valence-corrected chi connectivity index (χ0v) is 21.4. The molecule has 0 atom stereocenters. The predicted molar refractivity (Wildman–Crippen MR) is 144 cm³/mol. The number of amides is 1. The number of aromatic nitrogens is 2. The molecule has 184 valence electrons. The van der Waals surface area contributed by atoms with E-state index in [0.29, 0.717) is 44.3 Å². The molecule has 36 heavy (non-hydrogen) atoms. The smallest absolute Gasteiger partial charge is 0.267 e. The van der Waals surface area contributed by atoms with Crippen LogP contribution < -0.4 is 19.9 Å². The molecule has 3 aliphatic rings. The molecule has 0 aliphatic carbocycles. The van der Waals surface area contributed by atoms with Crippen molar-refractivity contribution in [3.8, 4) is 11.5 Å². The van der Waals surface area contributed by atoms with Gasteiger partial charge in [0.2, 0.25) is 6.79 Å². The van der Waals surface area contributed by atoms with Crippen LogP contribution in [0.5, 0.6) is 11.5 Å². The second-order valence-electron chi connectivity index (χ2n) is 9.09. The van der Waals surface area contributed by atoms with E-state index in [0.717, 1.165) is 43.5 Å². The van der Waals surface area contributed by atoms with E-state index in [9.17, 15) is 9.59 Å². The van der Waals surface area contributed by atoms with Crippen LogP contribution in [0.15, 0.2) is 46.2 Å². The number of pyridine rings is 1. The van der Waals surface area contributed by atoms with E-state index < -0.39 is 0 Å². The lowest BCUT2D eigenvalue weighted by molar-refractivity contribution is -0.122. The van der Waals surface area contributed by atoms with Crippen LogP contribution in [0.2, 0.25) is 0 Å². The maximum absolute atomic E-state index is 13.7. The van der Waals surface area contributed by atoms with Gasteiger partial charge in [0.15, 0.2) is 11.5 Å². The Balaban J connectivity index is 1.38. The molecule has 0 radical (unpaired) electrons. The molecule has 3 aromatic rings. The van der Waals surface area contributed by atoms with Crippen LogP contribution >= 0.6 is 24.0 Å². The van der Waals surface area contributed by atoms with Gasteiger partial charge in [0.05, 0.1) is 17.0 Å². The fourth-order valence-electron chi connectivity index (χ4n) is 4.71. The molecule has 2 aromatic heterocycles. The molecule has 2 saturated heterocycles. The number of anilines is 1. The van der Waals surface area contributed by atoms with Crippen LogP contribution in [0.4, 0.5) is 5.82 Å². The Kier molecular flexibility index (Phi) is 5.93. The molecule has 8 nitrogen and oxygen atoms in total. The van der Waals surface area contributed by atoms with E-state index in [2.05, 4.69) is 4.90 Å². The first-order chi connectivity index (χ1) is 17.5. The Bertz CT molecular complexity index is 1490. The number of ether oxygens (including phenoxy) is 2. The Morgan fingerprint density at radius 3 is 2.72 bits per heavy atom. The SMILES string of the molecule is Cc1ccc2nc(N3CCCCC3)c(C=C3SC(=S)N(Cc4ccc5c(c4)OCO5)C3=O)c(=O)n2c1. The van der Waals surface area contributed by atoms with E-state index in [1.807, 2.05) is 37.3 Å². The molecule has 5 heterocycles. The monoisotopic (exact) mass is 520 g/mol. The molecule has 0 N–H and O–H groups in total. The van der Waals surface area contributed by atoms with Gasteiger partial charge in [-0.1, -0.05) is 36.1 Å². The Labute approximate surface area is 217 Å². The normalized spacial score (nSPS) is 18.6.